The summed E-state index contributed by atoms with van der Waals surface area (Å²) >= 11 is 0. The normalized spacial score (nSPS) is 47.8. The van der Waals surface area contributed by atoms with Gasteiger partial charge in [-0.1, -0.05) is 0 Å². The Hall–Kier alpha value is -0.120. The second-order valence-corrected chi connectivity index (χ2v) is 5.12. The summed E-state index contributed by atoms with van der Waals surface area (Å²) in [5.74, 6) is 1.88. The topological polar surface area (TPSA) is 24.5 Å². The van der Waals surface area contributed by atoms with Crippen LogP contribution < -0.4 is 5.32 Å². The van der Waals surface area contributed by atoms with Crippen molar-refractivity contribution in [3.63, 3.8) is 0 Å². The lowest BCUT2D eigenvalue weighted by atomic mass is 9.88. The molecule has 1 saturated carbocycles. The van der Waals surface area contributed by atoms with Crippen molar-refractivity contribution < 1.29 is 4.74 Å². The highest BCUT2D eigenvalue weighted by Crippen LogP contribution is 2.35. The van der Waals surface area contributed by atoms with Crippen LogP contribution in [0.1, 0.15) is 12.8 Å². The predicted molar refractivity (Wildman–Crippen MR) is 55.2 cm³/mol. The van der Waals surface area contributed by atoms with E-state index in [9.17, 15) is 0 Å². The highest BCUT2D eigenvalue weighted by Gasteiger charge is 2.42. The molecule has 80 valence electrons. The van der Waals surface area contributed by atoms with E-state index in [4.69, 9.17) is 4.74 Å². The highest BCUT2D eigenvalue weighted by atomic mass is 16.5. The Labute approximate surface area is 85.8 Å². The van der Waals surface area contributed by atoms with Crippen LogP contribution in [0.3, 0.4) is 0 Å². The smallest absolute Gasteiger partial charge is 0.0601 e. The second kappa shape index (κ2) is 3.47. The minimum Gasteiger partial charge on any atom is -0.381 e. The molecular formula is C11H20N2O. The molecule has 1 N–H and O–H groups in total. The minimum absolute atomic E-state index is 0.554. The molecule has 2 unspecified atom stereocenters. The number of nitrogens with one attached hydrogen (secondary N) is 1. The molecule has 0 aromatic carbocycles. The van der Waals surface area contributed by atoms with Gasteiger partial charge in [0.15, 0.2) is 0 Å². The molecular weight excluding hydrogens is 176 g/mol. The molecule has 3 aliphatic rings. The van der Waals surface area contributed by atoms with Crippen LogP contribution in [0.4, 0.5) is 0 Å². The monoisotopic (exact) mass is 196 g/mol. The average Bonchev–Trinajstić information content (AvgIpc) is 2.61. The zero-order chi connectivity index (χ0) is 9.54. The van der Waals surface area contributed by atoms with Gasteiger partial charge in [-0.3, -0.25) is 4.90 Å². The number of rotatable bonds is 2. The SMILES string of the molecule is COC1CC(N2CC3CNCC3C2)C1. The molecule has 14 heavy (non-hydrogen) atoms. The average molecular weight is 196 g/mol. The minimum atomic E-state index is 0.554. The summed E-state index contributed by atoms with van der Waals surface area (Å²) < 4.78 is 5.33. The first-order valence-corrected chi connectivity index (χ1v) is 5.84. The summed E-state index contributed by atoms with van der Waals surface area (Å²) in [7, 11) is 1.84. The van der Waals surface area contributed by atoms with Gasteiger partial charge in [0.2, 0.25) is 0 Å². The van der Waals surface area contributed by atoms with Crippen molar-refractivity contribution in [1.82, 2.24) is 10.2 Å². The maximum atomic E-state index is 5.33. The van der Waals surface area contributed by atoms with E-state index in [1.807, 2.05) is 7.11 Å². The molecule has 2 heterocycles. The lowest BCUT2D eigenvalue weighted by molar-refractivity contribution is -0.0221. The molecule has 0 bridgehead atoms. The first kappa shape index (κ1) is 9.13. The van der Waals surface area contributed by atoms with Crippen molar-refractivity contribution in [2.45, 2.75) is 25.0 Å². The summed E-state index contributed by atoms with van der Waals surface area (Å²) in [6, 6.07) is 0.838. The standard InChI is InChI=1S/C11H20N2O/c1-14-11-2-10(3-11)13-6-8-4-12-5-9(8)7-13/h8-12H,2-7H2,1H3. The van der Waals surface area contributed by atoms with E-state index < -0.39 is 0 Å². The van der Waals surface area contributed by atoms with E-state index in [0.29, 0.717) is 6.10 Å². The largest absolute Gasteiger partial charge is 0.381 e. The van der Waals surface area contributed by atoms with Crippen LogP contribution in [0.2, 0.25) is 0 Å². The molecule has 2 aliphatic heterocycles. The summed E-state index contributed by atoms with van der Waals surface area (Å²) in [4.78, 5) is 2.70. The molecule has 3 heteroatoms. The lowest BCUT2D eigenvalue weighted by Crippen LogP contribution is -2.47. The molecule has 3 fully saturated rings. The quantitative estimate of drug-likeness (QED) is 0.688. The number of hydrogen-bond acceptors (Lipinski definition) is 3. The van der Waals surface area contributed by atoms with E-state index >= 15 is 0 Å². The van der Waals surface area contributed by atoms with Crippen LogP contribution in [0.5, 0.6) is 0 Å². The fourth-order valence-electron chi connectivity index (χ4n) is 3.22. The number of nitrogens with zero attached hydrogens (tertiary/aromatic N) is 1. The molecule has 3 nitrogen and oxygen atoms in total. The van der Waals surface area contributed by atoms with Gasteiger partial charge >= 0.3 is 0 Å². The van der Waals surface area contributed by atoms with Crippen molar-refractivity contribution in [3.05, 3.63) is 0 Å². The summed E-state index contributed by atoms with van der Waals surface area (Å²) in [5, 5.41) is 3.49. The Morgan fingerprint density at radius 2 is 1.79 bits per heavy atom. The zero-order valence-corrected chi connectivity index (χ0v) is 8.91. The van der Waals surface area contributed by atoms with Crippen LogP contribution in [0.25, 0.3) is 0 Å². The van der Waals surface area contributed by atoms with Crippen molar-refractivity contribution >= 4 is 0 Å². The summed E-state index contributed by atoms with van der Waals surface area (Å²) in [6.07, 6.45) is 3.09. The number of ether oxygens (including phenoxy) is 1. The Balaban J connectivity index is 1.52. The number of fused-ring (bicyclic) bond motifs is 1. The third-order valence-corrected chi connectivity index (χ3v) is 4.34. The van der Waals surface area contributed by atoms with E-state index in [2.05, 4.69) is 10.2 Å². The van der Waals surface area contributed by atoms with Crippen molar-refractivity contribution in [2.75, 3.05) is 33.3 Å². The number of likely N-dealkylation sites (tertiary alicyclic amines) is 1. The summed E-state index contributed by atoms with van der Waals surface area (Å²) in [5.41, 5.74) is 0. The molecule has 3 rings (SSSR count). The van der Waals surface area contributed by atoms with Crippen LogP contribution in [-0.2, 0) is 4.74 Å². The van der Waals surface area contributed by atoms with Gasteiger partial charge in [-0.25, -0.2) is 0 Å². The summed E-state index contributed by atoms with van der Waals surface area (Å²) in [6.45, 7) is 5.17. The first-order valence-electron chi connectivity index (χ1n) is 5.84. The van der Waals surface area contributed by atoms with Crippen LogP contribution in [0.15, 0.2) is 0 Å². The maximum absolute atomic E-state index is 5.33. The number of methoxy groups -OCH3 is 1. The first-order chi connectivity index (χ1) is 6.86. The Morgan fingerprint density at radius 3 is 2.36 bits per heavy atom. The molecule has 0 amide bonds. The molecule has 1 aliphatic carbocycles. The lowest BCUT2D eigenvalue weighted by Gasteiger charge is -2.40. The Bertz CT molecular complexity index is 203. The van der Waals surface area contributed by atoms with E-state index in [-0.39, 0.29) is 0 Å². The third-order valence-electron chi connectivity index (χ3n) is 4.34. The van der Waals surface area contributed by atoms with Crippen molar-refractivity contribution in [2.24, 2.45) is 11.8 Å². The third kappa shape index (κ3) is 1.38. The molecule has 0 aromatic rings. The Morgan fingerprint density at radius 1 is 1.14 bits per heavy atom. The van der Waals surface area contributed by atoms with Crippen LogP contribution in [-0.4, -0.2) is 50.3 Å². The van der Waals surface area contributed by atoms with E-state index in [1.54, 1.807) is 0 Å². The fourth-order valence-corrected chi connectivity index (χ4v) is 3.22. The van der Waals surface area contributed by atoms with Crippen LogP contribution >= 0.6 is 0 Å². The molecule has 0 spiro atoms. The molecule has 2 saturated heterocycles. The van der Waals surface area contributed by atoms with Gasteiger partial charge in [-0.05, 0) is 37.8 Å². The van der Waals surface area contributed by atoms with Gasteiger partial charge in [0.25, 0.3) is 0 Å². The Kier molecular flexibility index (Phi) is 2.26. The van der Waals surface area contributed by atoms with Gasteiger partial charge in [0.1, 0.15) is 0 Å². The fraction of sp³-hybridized carbons (Fsp3) is 1.00. The molecule has 0 radical (unpaired) electrons. The van der Waals surface area contributed by atoms with Gasteiger partial charge in [0, 0.05) is 26.2 Å². The van der Waals surface area contributed by atoms with Crippen molar-refractivity contribution in [1.29, 1.82) is 0 Å². The van der Waals surface area contributed by atoms with E-state index in [1.165, 1.54) is 39.0 Å². The van der Waals surface area contributed by atoms with Gasteiger partial charge in [-0.15, -0.1) is 0 Å². The molecule has 2 atom stereocenters. The van der Waals surface area contributed by atoms with Gasteiger partial charge < -0.3 is 10.1 Å². The van der Waals surface area contributed by atoms with Gasteiger partial charge in [0.05, 0.1) is 6.10 Å². The molecule has 0 aromatic heterocycles. The number of hydrogen-bond donors (Lipinski definition) is 1. The van der Waals surface area contributed by atoms with Crippen LogP contribution in [0, 0.1) is 11.8 Å². The van der Waals surface area contributed by atoms with E-state index in [0.717, 1.165) is 17.9 Å². The highest BCUT2D eigenvalue weighted by molar-refractivity contribution is 4.97. The zero-order valence-electron chi connectivity index (χ0n) is 8.91. The van der Waals surface area contributed by atoms with Crippen molar-refractivity contribution in [3.8, 4) is 0 Å². The van der Waals surface area contributed by atoms with Gasteiger partial charge in [-0.2, -0.15) is 0 Å². The predicted octanol–water partition coefficient (Wildman–Crippen LogP) is 0.315. The second-order valence-electron chi connectivity index (χ2n) is 5.12. The maximum Gasteiger partial charge on any atom is 0.0601 e.